The van der Waals surface area contributed by atoms with Crippen LogP contribution < -0.4 is 10.5 Å². The number of aryl methyl sites for hydroxylation is 1. The number of hydrogen-bond acceptors (Lipinski definition) is 2. The van der Waals surface area contributed by atoms with Crippen LogP contribution in [0.2, 0.25) is 0 Å². The van der Waals surface area contributed by atoms with Gasteiger partial charge < -0.3 is 10.5 Å². The Morgan fingerprint density at radius 3 is 2.86 bits per heavy atom. The monoisotopic (exact) mass is 255 g/mol. The molecule has 0 amide bonds. The van der Waals surface area contributed by atoms with Gasteiger partial charge in [-0.1, -0.05) is 0 Å². The van der Waals surface area contributed by atoms with Gasteiger partial charge in [-0.3, -0.25) is 0 Å². The van der Waals surface area contributed by atoms with Crippen LogP contribution >= 0.6 is 15.9 Å². The molecule has 1 aromatic carbocycles. The molecule has 0 unspecified atom stereocenters. The lowest BCUT2D eigenvalue weighted by Crippen LogP contribution is -2.00. The summed E-state index contributed by atoms with van der Waals surface area (Å²) in [4.78, 5) is 0. The smallest absolute Gasteiger partial charge is 0.133 e. The predicted molar refractivity (Wildman–Crippen MR) is 61.5 cm³/mol. The normalized spacial score (nSPS) is 15.6. The Morgan fingerprint density at radius 2 is 2.21 bits per heavy atom. The van der Waals surface area contributed by atoms with Gasteiger partial charge in [0.2, 0.25) is 0 Å². The fourth-order valence-corrected chi connectivity index (χ4v) is 1.75. The number of rotatable bonds is 3. The van der Waals surface area contributed by atoms with E-state index in [1.54, 1.807) is 0 Å². The largest absolute Gasteiger partial charge is 0.492 e. The summed E-state index contributed by atoms with van der Waals surface area (Å²) >= 11 is 3.45. The van der Waals surface area contributed by atoms with Crippen LogP contribution in [-0.2, 0) is 0 Å². The molecular weight excluding hydrogens is 242 g/mol. The van der Waals surface area contributed by atoms with Crippen LogP contribution in [0.15, 0.2) is 16.6 Å². The van der Waals surface area contributed by atoms with Crippen molar-refractivity contribution in [2.45, 2.75) is 19.8 Å². The number of hydrogen-bond donors (Lipinski definition) is 1. The Balaban J connectivity index is 2.10. The van der Waals surface area contributed by atoms with Crippen molar-refractivity contribution in [1.29, 1.82) is 0 Å². The van der Waals surface area contributed by atoms with Crippen LogP contribution in [0, 0.1) is 12.8 Å². The fourth-order valence-electron chi connectivity index (χ4n) is 1.27. The first-order valence-electron chi connectivity index (χ1n) is 4.85. The van der Waals surface area contributed by atoms with Crippen LogP contribution in [-0.4, -0.2) is 6.61 Å². The molecule has 0 aliphatic heterocycles. The van der Waals surface area contributed by atoms with E-state index < -0.39 is 0 Å². The van der Waals surface area contributed by atoms with Gasteiger partial charge in [0.15, 0.2) is 0 Å². The van der Waals surface area contributed by atoms with Crippen molar-refractivity contribution in [3.8, 4) is 5.75 Å². The molecule has 0 spiro atoms. The van der Waals surface area contributed by atoms with Crippen molar-refractivity contribution in [3.05, 3.63) is 22.2 Å². The Morgan fingerprint density at radius 1 is 1.50 bits per heavy atom. The molecule has 2 rings (SSSR count). The molecule has 1 aliphatic carbocycles. The summed E-state index contributed by atoms with van der Waals surface area (Å²) in [6.45, 7) is 2.83. The lowest BCUT2D eigenvalue weighted by molar-refractivity contribution is 0.298. The van der Waals surface area contributed by atoms with E-state index >= 15 is 0 Å². The summed E-state index contributed by atoms with van der Waals surface area (Å²) in [5.41, 5.74) is 7.64. The summed E-state index contributed by atoms with van der Waals surface area (Å²) in [5.74, 6) is 1.68. The van der Waals surface area contributed by atoms with Crippen LogP contribution in [0.25, 0.3) is 0 Å². The highest BCUT2D eigenvalue weighted by Gasteiger charge is 2.22. The summed E-state index contributed by atoms with van der Waals surface area (Å²) < 4.78 is 6.64. The standard InChI is InChI=1S/C11H14BrNO/c1-7-4-11(9(12)5-10(7)13)14-6-8-2-3-8/h4-5,8H,2-3,6,13H2,1H3. The first kappa shape index (κ1) is 9.84. The zero-order chi connectivity index (χ0) is 10.1. The first-order valence-corrected chi connectivity index (χ1v) is 5.64. The van der Waals surface area contributed by atoms with Crippen molar-refractivity contribution in [3.63, 3.8) is 0 Å². The summed E-state index contributed by atoms with van der Waals surface area (Å²) in [6.07, 6.45) is 2.62. The second-order valence-corrected chi connectivity index (χ2v) is 4.75. The minimum absolute atomic E-state index is 0.778. The highest BCUT2D eigenvalue weighted by atomic mass is 79.9. The van der Waals surface area contributed by atoms with E-state index in [2.05, 4.69) is 15.9 Å². The molecular formula is C11H14BrNO. The molecule has 1 aliphatic rings. The van der Waals surface area contributed by atoms with Gasteiger partial charge >= 0.3 is 0 Å². The molecule has 0 radical (unpaired) electrons. The molecule has 1 aromatic rings. The van der Waals surface area contributed by atoms with Gasteiger partial charge in [-0.05, 0) is 59.3 Å². The van der Waals surface area contributed by atoms with Crippen molar-refractivity contribution >= 4 is 21.6 Å². The van der Waals surface area contributed by atoms with Crippen LogP contribution in [0.1, 0.15) is 18.4 Å². The molecule has 76 valence electrons. The molecule has 0 bridgehead atoms. The SMILES string of the molecule is Cc1cc(OCC2CC2)c(Br)cc1N. The topological polar surface area (TPSA) is 35.2 Å². The van der Waals surface area contributed by atoms with Gasteiger partial charge in [0.05, 0.1) is 11.1 Å². The molecule has 0 aromatic heterocycles. The Kier molecular flexibility index (Phi) is 2.68. The molecule has 0 atom stereocenters. The quantitative estimate of drug-likeness (QED) is 0.843. The minimum Gasteiger partial charge on any atom is -0.492 e. The number of ether oxygens (including phenoxy) is 1. The summed E-state index contributed by atoms with van der Waals surface area (Å²) in [6, 6.07) is 3.89. The second-order valence-electron chi connectivity index (χ2n) is 3.89. The van der Waals surface area contributed by atoms with Gasteiger partial charge in [0, 0.05) is 5.69 Å². The van der Waals surface area contributed by atoms with E-state index in [1.165, 1.54) is 12.8 Å². The Labute approximate surface area is 92.6 Å². The summed E-state index contributed by atoms with van der Waals surface area (Å²) in [5, 5.41) is 0. The zero-order valence-electron chi connectivity index (χ0n) is 8.22. The number of anilines is 1. The molecule has 1 saturated carbocycles. The number of nitrogen functional groups attached to an aromatic ring is 1. The number of nitrogens with two attached hydrogens (primary N) is 1. The van der Waals surface area contributed by atoms with Gasteiger partial charge in [-0.2, -0.15) is 0 Å². The number of halogens is 1. The third kappa shape index (κ3) is 2.21. The van der Waals surface area contributed by atoms with E-state index in [-0.39, 0.29) is 0 Å². The average Bonchev–Trinajstić information content (AvgIpc) is 2.92. The molecule has 3 heteroatoms. The van der Waals surface area contributed by atoms with E-state index in [9.17, 15) is 0 Å². The lowest BCUT2D eigenvalue weighted by atomic mass is 10.2. The van der Waals surface area contributed by atoms with E-state index in [1.807, 2.05) is 19.1 Å². The maximum Gasteiger partial charge on any atom is 0.133 e. The summed E-state index contributed by atoms with van der Waals surface area (Å²) in [7, 11) is 0. The van der Waals surface area contributed by atoms with E-state index in [0.29, 0.717) is 0 Å². The van der Waals surface area contributed by atoms with Crippen molar-refractivity contribution in [2.75, 3.05) is 12.3 Å². The fraction of sp³-hybridized carbons (Fsp3) is 0.455. The van der Waals surface area contributed by atoms with Gasteiger partial charge in [-0.15, -0.1) is 0 Å². The minimum atomic E-state index is 0.778. The zero-order valence-corrected chi connectivity index (χ0v) is 9.80. The molecule has 2 N–H and O–H groups in total. The molecule has 1 fully saturated rings. The Bertz CT molecular complexity index is 347. The van der Waals surface area contributed by atoms with Crippen molar-refractivity contribution in [1.82, 2.24) is 0 Å². The van der Waals surface area contributed by atoms with Crippen molar-refractivity contribution in [2.24, 2.45) is 5.92 Å². The van der Waals surface area contributed by atoms with E-state index in [4.69, 9.17) is 10.5 Å². The number of benzene rings is 1. The lowest BCUT2D eigenvalue weighted by Gasteiger charge is -2.09. The maximum atomic E-state index is 5.77. The van der Waals surface area contributed by atoms with E-state index in [0.717, 1.165) is 34.0 Å². The molecule has 14 heavy (non-hydrogen) atoms. The van der Waals surface area contributed by atoms with Crippen LogP contribution in [0.3, 0.4) is 0 Å². The highest BCUT2D eigenvalue weighted by molar-refractivity contribution is 9.10. The molecule has 0 heterocycles. The third-order valence-electron chi connectivity index (χ3n) is 2.49. The highest BCUT2D eigenvalue weighted by Crippen LogP contribution is 2.33. The van der Waals surface area contributed by atoms with Crippen molar-refractivity contribution < 1.29 is 4.74 Å². The average molecular weight is 256 g/mol. The van der Waals surface area contributed by atoms with Gasteiger partial charge in [-0.25, -0.2) is 0 Å². The van der Waals surface area contributed by atoms with Crippen LogP contribution in [0.5, 0.6) is 5.75 Å². The first-order chi connectivity index (χ1) is 6.66. The van der Waals surface area contributed by atoms with Gasteiger partial charge in [0.1, 0.15) is 5.75 Å². The maximum absolute atomic E-state index is 5.77. The molecule has 2 nitrogen and oxygen atoms in total. The second kappa shape index (κ2) is 3.81. The van der Waals surface area contributed by atoms with Gasteiger partial charge in [0.25, 0.3) is 0 Å². The third-order valence-corrected chi connectivity index (χ3v) is 3.11. The predicted octanol–water partition coefficient (Wildman–Crippen LogP) is 3.13. The molecule has 0 saturated heterocycles. The Hall–Kier alpha value is -0.700. The van der Waals surface area contributed by atoms with Crippen LogP contribution in [0.4, 0.5) is 5.69 Å².